The van der Waals surface area contributed by atoms with E-state index in [0.29, 0.717) is 29.3 Å². The van der Waals surface area contributed by atoms with Crippen molar-refractivity contribution in [1.82, 2.24) is 20.4 Å². The molecule has 1 aromatic heterocycles. The van der Waals surface area contributed by atoms with Gasteiger partial charge in [0.15, 0.2) is 11.6 Å². The SMILES string of the molecule is COc1cccc(C2NC(=O)N(CCC(C)C)C(C)=C2c2nc(-c3ccc(OC)c(F)c3)no2)c1. The second-order valence-corrected chi connectivity index (χ2v) is 8.76. The van der Waals surface area contributed by atoms with Crippen molar-refractivity contribution in [3.05, 3.63) is 65.4 Å². The number of hydrogen-bond donors (Lipinski definition) is 1. The Bertz CT molecular complexity index is 1250. The van der Waals surface area contributed by atoms with Crippen LogP contribution < -0.4 is 14.8 Å². The molecule has 1 unspecified atom stereocenters. The zero-order valence-electron chi connectivity index (χ0n) is 20.5. The van der Waals surface area contributed by atoms with Crippen LogP contribution in [0.4, 0.5) is 9.18 Å². The van der Waals surface area contributed by atoms with Gasteiger partial charge >= 0.3 is 6.03 Å². The molecule has 0 radical (unpaired) electrons. The van der Waals surface area contributed by atoms with Gasteiger partial charge in [-0.2, -0.15) is 4.98 Å². The van der Waals surface area contributed by atoms with Crippen LogP contribution in [0.15, 0.2) is 52.7 Å². The van der Waals surface area contributed by atoms with Crippen molar-refractivity contribution in [2.75, 3.05) is 20.8 Å². The lowest BCUT2D eigenvalue weighted by Crippen LogP contribution is -2.46. The molecule has 2 heterocycles. The van der Waals surface area contributed by atoms with Crippen LogP contribution in [0.25, 0.3) is 17.0 Å². The molecule has 9 heteroatoms. The molecule has 0 aliphatic carbocycles. The predicted molar refractivity (Wildman–Crippen MR) is 129 cm³/mol. The van der Waals surface area contributed by atoms with E-state index in [4.69, 9.17) is 14.0 Å². The van der Waals surface area contributed by atoms with Crippen LogP contribution in [0.5, 0.6) is 11.5 Å². The number of aromatic nitrogens is 2. The Morgan fingerprint density at radius 2 is 1.97 bits per heavy atom. The third kappa shape index (κ3) is 4.99. The zero-order chi connectivity index (χ0) is 25.1. The molecule has 1 N–H and O–H groups in total. The molecule has 0 saturated heterocycles. The van der Waals surface area contributed by atoms with E-state index in [9.17, 15) is 9.18 Å². The first-order valence-electron chi connectivity index (χ1n) is 11.4. The van der Waals surface area contributed by atoms with Gasteiger partial charge in [-0.1, -0.05) is 31.1 Å². The summed E-state index contributed by atoms with van der Waals surface area (Å²) in [5.74, 6) is 1.18. The Hall–Kier alpha value is -3.88. The van der Waals surface area contributed by atoms with Crippen LogP contribution in [0.3, 0.4) is 0 Å². The molecule has 2 aromatic carbocycles. The lowest BCUT2D eigenvalue weighted by molar-refractivity contribution is 0.202. The Labute approximate surface area is 203 Å². The number of urea groups is 1. The minimum absolute atomic E-state index is 0.130. The Morgan fingerprint density at radius 1 is 1.17 bits per heavy atom. The molecule has 1 aliphatic heterocycles. The lowest BCUT2D eigenvalue weighted by atomic mass is 9.94. The number of benzene rings is 2. The second kappa shape index (κ2) is 10.2. The van der Waals surface area contributed by atoms with Gasteiger partial charge in [0.2, 0.25) is 5.82 Å². The van der Waals surface area contributed by atoms with Crippen LogP contribution in [0, 0.1) is 11.7 Å². The number of allylic oxidation sites excluding steroid dienone is 1. The first-order valence-corrected chi connectivity index (χ1v) is 11.4. The maximum absolute atomic E-state index is 14.3. The Kier molecular flexibility index (Phi) is 7.04. The van der Waals surface area contributed by atoms with Crippen LogP contribution in [-0.2, 0) is 0 Å². The number of rotatable bonds is 8. The van der Waals surface area contributed by atoms with E-state index in [2.05, 4.69) is 29.3 Å². The second-order valence-electron chi connectivity index (χ2n) is 8.76. The summed E-state index contributed by atoms with van der Waals surface area (Å²) in [6.45, 7) is 6.64. The van der Waals surface area contributed by atoms with E-state index in [1.54, 1.807) is 18.1 Å². The molecule has 35 heavy (non-hydrogen) atoms. The molecular weight excluding hydrogens is 451 g/mol. The van der Waals surface area contributed by atoms with Gasteiger partial charge in [-0.3, -0.25) is 4.90 Å². The van der Waals surface area contributed by atoms with Gasteiger partial charge in [0, 0.05) is 17.8 Å². The topological polar surface area (TPSA) is 89.7 Å². The average Bonchev–Trinajstić information content (AvgIpc) is 3.33. The van der Waals surface area contributed by atoms with E-state index < -0.39 is 11.9 Å². The van der Waals surface area contributed by atoms with E-state index >= 15 is 0 Å². The quantitative estimate of drug-likeness (QED) is 0.462. The largest absolute Gasteiger partial charge is 0.497 e. The molecule has 2 amide bonds. The van der Waals surface area contributed by atoms with Crippen molar-refractivity contribution in [2.45, 2.75) is 33.2 Å². The maximum atomic E-state index is 14.3. The molecule has 0 bridgehead atoms. The number of halogens is 1. The van der Waals surface area contributed by atoms with Crippen LogP contribution in [-0.4, -0.2) is 41.8 Å². The van der Waals surface area contributed by atoms with E-state index in [0.717, 1.165) is 17.7 Å². The van der Waals surface area contributed by atoms with Crippen molar-refractivity contribution in [1.29, 1.82) is 0 Å². The van der Waals surface area contributed by atoms with Gasteiger partial charge < -0.3 is 19.3 Å². The lowest BCUT2D eigenvalue weighted by Gasteiger charge is -2.35. The number of nitrogens with zero attached hydrogens (tertiary/aromatic N) is 3. The molecule has 3 aromatic rings. The summed E-state index contributed by atoms with van der Waals surface area (Å²) in [5, 5.41) is 7.17. The first kappa shape index (κ1) is 24.3. The van der Waals surface area contributed by atoms with Gasteiger partial charge in [-0.25, -0.2) is 9.18 Å². The van der Waals surface area contributed by atoms with Crippen LogP contribution >= 0.6 is 0 Å². The van der Waals surface area contributed by atoms with Gasteiger partial charge in [0.25, 0.3) is 5.89 Å². The highest BCUT2D eigenvalue weighted by Crippen LogP contribution is 2.38. The van der Waals surface area contributed by atoms with Crippen molar-refractivity contribution in [2.24, 2.45) is 5.92 Å². The van der Waals surface area contributed by atoms with Gasteiger partial charge in [0.05, 0.1) is 25.8 Å². The zero-order valence-corrected chi connectivity index (χ0v) is 20.5. The fraction of sp³-hybridized carbons (Fsp3) is 0.346. The van der Waals surface area contributed by atoms with Gasteiger partial charge in [-0.05, 0) is 55.2 Å². The molecule has 1 atom stereocenters. The molecule has 8 nitrogen and oxygen atoms in total. The standard InChI is InChI=1S/C26H29FN4O4/c1-15(2)11-12-31-16(3)22(23(28-26(31)32)17-7-6-8-19(13-17)33-4)25-29-24(30-35-25)18-9-10-21(34-5)20(27)14-18/h6-10,13-15,23H,11-12H2,1-5H3,(H,28,32). The smallest absolute Gasteiger partial charge is 0.322 e. The number of nitrogens with one attached hydrogen (secondary N) is 1. The molecule has 1 aliphatic rings. The van der Waals surface area contributed by atoms with Crippen LogP contribution in [0.1, 0.15) is 44.7 Å². The number of amides is 2. The summed E-state index contributed by atoms with van der Waals surface area (Å²) in [7, 11) is 2.99. The highest BCUT2D eigenvalue weighted by Gasteiger charge is 2.35. The van der Waals surface area contributed by atoms with E-state index in [-0.39, 0.29) is 23.5 Å². The van der Waals surface area contributed by atoms with Crippen molar-refractivity contribution in [3.63, 3.8) is 0 Å². The minimum Gasteiger partial charge on any atom is -0.497 e. The molecule has 0 saturated carbocycles. The van der Waals surface area contributed by atoms with Gasteiger partial charge in [0.1, 0.15) is 5.75 Å². The molecule has 0 fully saturated rings. The third-order valence-electron chi connectivity index (χ3n) is 6.02. The van der Waals surface area contributed by atoms with E-state index in [1.807, 2.05) is 31.2 Å². The number of carbonyl (C=O) groups is 1. The third-order valence-corrected chi connectivity index (χ3v) is 6.02. The predicted octanol–water partition coefficient (Wildman–Crippen LogP) is 5.44. The number of ether oxygens (including phenoxy) is 2. The van der Waals surface area contributed by atoms with Crippen molar-refractivity contribution < 1.29 is 23.2 Å². The summed E-state index contributed by atoms with van der Waals surface area (Å²) in [6, 6.07) is 11.2. The minimum atomic E-state index is -0.534. The molecular formula is C26H29FN4O4. The highest BCUT2D eigenvalue weighted by molar-refractivity contribution is 5.87. The van der Waals surface area contributed by atoms with Crippen molar-refractivity contribution >= 4 is 11.6 Å². The van der Waals surface area contributed by atoms with Gasteiger partial charge in [-0.15, -0.1) is 0 Å². The molecule has 184 valence electrons. The fourth-order valence-corrected chi connectivity index (χ4v) is 4.04. The maximum Gasteiger partial charge on any atom is 0.322 e. The molecule has 4 rings (SSSR count). The Morgan fingerprint density at radius 3 is 2.66 bits per heavy atom. The highest BCUT2D eigenvalue weighted by atomic mass is 19.1. The number of carbonyl (C=O) groups excluding carboxylic acids is 1. The number of hydrogen-bond acceptors (Lipinski definition) is 6. The summed E-state index contributed by atoms with van der Waals surface area (Å²) >= 11 is 0. The monoisotopic (exact) mass is 480 g/mol. The Balaban J connectivity index is 1.79. The summed E-state index contributed by atoms with van der Waals surface area (Å²) < 4.78 is 30.3. The molecule has 0 spiro atoms. The summed E-state index contributed by atoms with van der Waals surface area (Å²) in [6.07, 6.45) is 0.835. The average molecular weight is 481 g/mol. The first-order chi connectivity index (χ1) is 16.8. The van der Waals surface area contributed by atoms with Crippen molar-refractivity contribution in [3.8, 4) is 22.9 Å². The normalized spacial score (nSPS) is 16.0. The number of methoxy groups -OCH3 is 2. The summed E-state index contributed by atoms with van der Waals surface area (Å²) in [4.78, 5) is 19.4. The summed E-state index contributed by atoms with van der Waals surface area (Å²) in [5.41, 5.74) is 2.66. The van der Waals surface area contributed by atoms with E-state index in [1.165, 1.54) is 19.2 Å². The van der Waals surface area contributed by atoms with Crippen LogP contribution in [0.2, 0.25) is 0 Å². The fourth-order valence-electron chi connectivity index (χ4n) is 4.04.